The van der Waals surface area contributed by atoms with Crippen molar-refractivity contribution in [2.45, 2.75) is 63.2 Å². The minimum Gasteiger partial charge on any atom is -0.744 e. The van der Waals surface area contributed by atoms with Crippen molar-refractivity contribution in [3.8, 4) is 0 Å². The number of ether oxygens (including phenoxy) is 4. The Kier molecular flexibility index (Phi) is 19.7. The van der Waals surface area contributed by atoms with E-state index in [1.807, 2.05) is 0 Å². The monoisotopic (exact) mass is 796 g/mol. The van der Waals surface area contributed by atoms with Crippen LogP contribution in [0.1, 0.15) is 94.8 Å². The first-order chi connectivity index (χ1) is 20.6. The van der Waals surface area contributed by atoms with Crippen molar-refractivity contribution >= 4 is 93.0 Å². The van der Waals surface area contributed by atoms with Crippen LogP contribution in [0.25, 0.3) is 0 Å². The molecule has 2 aromatic carbocycles. The summed E-state index contributed by atoms with van der Waals surface area (Å²) in [6.07, 6.45) is 2.30. The number of esters is 4. The van der Waals surface area contributed by atoms with Gasteiger partial charge in [-0.3, -0.25) is 0 Å². The molecule has 0 fully saturated rings. The number of carbonyl (C=O) groups excluding carboxylic acids is 4. The smallest absolute Gasteiger partial charge is 0.744 e. The first kappa shape index (κ1) is 42.7. The molecular weight excluding hydrogens is 762 g/mol. The van der Waals surface area contributed by atoms with Gasteiger partial charge in [-0.25, -0.2) is 36.0 Å². The number of hydrogen-bond donors (Lipinski definition) is 0. The summed E-state index contributed by atoms with van der Waals surface area (Å²) in [6.45, 7) is 7.69. The van der Waals surface area contributed by atoms with Crippen LogP contribution >= 0.6 is 0 Å². The molecule has 0 saturated carbocycles. The Morgan fingerprint density at radius 2 is 0.756 bits per heavy atom. The second-order valence-electron chi connectivity index (χ2n) is 8.87. The van der Waals surface area contributed by atoms with E-state index in [2.05, 4.69) is 0 Å². The van der Waals surface area contributed by atoms with Crippen molar-refractivity contribution in [1.29, 1.82) is 0 Å². The Hall–Kier alpha value is -2.29. The zero-order chi connectivity index (χ0) is 33.5. The molecule has 0 heterocycles. The minimum absolute atomic E-state index is 0. The molecule has 0 radical (unpaired) electrons. The second-order valence-corrected chi connectivity index (χ2v) is 11.6. The summed E-state index contributed by atoms with van der Waals surface area (Å²) in [6, 6.07) is 5.74. The van der Waals surface area contributed by atoms with E-state index >= 15 is 0 Å². The fraction of sp³-hybridized carbons (Fsp3) is 0.429. The summed E-state index contributed by atoms with van der Waals surface area (Å²) < 4.78 is 85.9. The van der Waals surface area contributed by atoms with Crippen molar-refractivity contribution in [2.75, 3.05) is 26.4 Å². The van der Waals surface area contributed by atoms with Crippen LogP contribution in [0.4, 0.5) is 0 Å². The van der Waals surface area contributed by atoms with E-state index in [1.165, 1.54) is 0 Å². The number of carbonyl (C=O) groups is 4. The summed E-state index contributed by atoms with van der Waals surface area (Å²) in [7, 11) is -9.50. The van der Waals surface area contributed by atoms with Crippen molar-refractivity contribution in [2.24, 2.45) is 0 Å². The predicted octanol–water partition coefficient (Wildman–Crippen LogP) is 3.07. The van der Waals surface area contributed by atoms with E-state index in [0.29, 0.717) is 25.7 Å². The quantitative estimate of drug-likeness (QED) is 0.116. The van der Waals surface area contributed by atoms with Gasteiger partial charge in [-0.2, -0.15) is 0 Å². The third-order valence-corrected chi connectivity index (χ3v) is 6.85. The van der Waals surface area contributed by atoms with Crippen LogP contribution in [0.2, 0.25) is 0 Å². The van der Waals surface area contributed by atoms with Gasteiger partial charge in [0.1, 0.15) is 20.2 Å². The van der Waals surface area contributed by atoms with Crippen LogP contribution in [0.3, 0.4) is 0 Å². The van der Waals surface area contributed by atoms with Gasteiger partial charge in [0.05, 0.1) is 58.5 Å². The summed E-state index contributed by atoms with van der Waals surface area (Å²) in [5.41, 5.74) is -0.873. The van der Waals surface area contributed by atoms with E-state index in [-0.39, 0.29) is 97.6 Å². The molecule has 45 heavy (non-hydrogen) atoms. The first-order valence-corrected chi connectivity index (χ1v) is 16.3. The molecule has 0 atom stereocenters. The molecule has 2 aromatic rings. The van der Waals surface area contributed by atoms with Crippen molar-refractivity contribution in [3.05, 3.63) is 58.7 Å². The third kappa shape index (κ3) is 14.3. The molecule has 0 aromatic heterocycles. The van der Waals surface area contributed by atoms with Gasteiger partial charge in [-0.1, -0.05) is 27.7 Å². The van der Waals surface area contributed by atoms with Crippen LogP contribution in [0, 0.1) is 0 Å². The summed E-state index contributed by atoms with van der Waals surface area (Å²) in [5, 5.41) is 0. The zero-order valence-electron chi connectivity index (χ0n) is 25.4. The number of hydrogen-bond acceptors (Lipinski definition) is 14. The van der Waals surface area contributed by atoms with Crippen molar-refractivity contribution in [3.63, 3.8) is 0 Å². The molecule has 17 heteroatoms. The molecule has 0 N–H and O–H groups in total. The topological polar surface area (TPSA) is 220 Å². The molecule has 0 unspecified atom stereocenters. The molecule has 0 spiro atoms. The standard InChI is InChI=1S/2C14H18O7S.Ba/c2*1-3-7-20-13(15)11-6-5-10(22(17,18)19)9-12(11)14(16)21-8-4-2;/h2*5-6,9H,3-4,7-8H2,1-2H3,(H,17,18,19);/q;;+2/p-2. The van der Waals surface area contributed by atoms with Crippen LogP contribution in [-0.4, -0.2) is 125 Å². The summed E-state index contributed by atoms with van der Waals surface area (Å²) in [4.78, 5) is 46.5. The van der Waals surface area contributed by atoms with Crippen LogP contribution in [0.15, 0.2) is 46.2 Å². The molecule has 2 rings (SSSR count). The third-order valence-electron chi connectivity index (χ3n) is 5.19. The zero-order valence-corrected chi connectivity index (χ0v) is 31.4. The van der Waals surface area contributed by atoms with E-state index in [9.17, 15) is 45.1 Å². The molecule has 0 aliphatic rings. The van der Waals surface area contributed by atoms with Crippen LogP contribution in [0.5, 0.6) is 0 Å². The molecule has 14 nitrogen and oxygen atoms in total. The van der Waals surface area contributed by atoms with Gasteiger partial charge in [0.25, 0.3) is 0 Å². The summed E-state index contributed by atoms with van der Waals surface area (Å²) in [5.74, 6) is -3.31. The van der Waals surface area contributed by atoms with E-state index in [1.54, 1.807) is 27.7 Å². The van der Waals surface area contributed by atoms with Crippen molar-refractivity contribution in [1.82, 2.24) is 0 Å². The Labute approximate surface area is 302 Å². The average Bonchev–Trinajstić information content (AvgIpc) is 2.98. The molecular formula is C28H34BaO14S2. The maximum Gasteiger partial charge on any atom is 2.00 e. The van der Waals surface area contributed by atoms with E-state index in [4.69, 9.17) is 18.9 Å². The van der Waals surface area contributed by atoms with Crippen LogP contribution < -0.4 is 0 Å². The van der Waals surface area contributed by atoms with Gasteiger partial charge < -0.3 is 28.1 Å². The fourth-order valence-corrected chi connectivity index (χ4v) is 4.14. The van der Waals surface area contributed by atoms with Gasteiger partial charge in [0.2, 0.25) is 0 Å². The maximum absolute atomic E-state index is 12.0. The largest absolute Gasteiger partial charge is 2.00 e. The normalized spacial score (nSPS) is 10.8. The van der Waals surface area contributed by atoms with Crippen LogP contribution in [-0.2, 0) is 39.2 Å². The maximum atomic E-state index is 12.0. The average molecular weight is 796 g/mol. The fourth-order valence-electron chi connectivity index (χ4n) is 3.14. The molecule has 0 bridgehead atoms. The van der Waals surface area contributed by atoms with E-state index < -0.39 is 53.9 Å². The Balaban J connectivity index is 0.000000842. The molecule has 0 aliphatic heterocycles. The Morgan fingerprint density at radius 3 is 0.978 bits per heavy atom. The first-order valence-electron chi connectivity index (χ1n) is 13.5. The number of rotatable bonds is 14. The van der Waals surface area contributed by atoms with Gasteiger partial charge >= 0.3 is 72.8 Å². The molecule has 0 amide bonds. The molecule has 244 valence electrons. The van der Waals surface area contributed by atoms with Gasteiger partial charge in [-0.05, 0) is 62.1 Å². The van der Waals surface area contributed by atoms with Gasteiger partial charge in [0, 0.05) is 0 Å². The predicted molar refractivity (Wildman–Crippen MR) is 157 cm³/mol. The van der Waals surface area contributed by atoms with Gasteiger partial charge in [0.15, 0.2) is 0 Å². The SMILES string of the molecule is CCCOC(=O)c1ccc(S(=O)(=O)[O-])cc1C(=O)OCCC.CCCOC(=O)c1ccc(S(=O)(=O)[O-])cc1C(=O)OCCC.[Ba+2]. The summed E-state index contributed by atoms with van der Waals surface area (Å²) >= 11 is 0. The van der Waals surface area contributed by atoms with E-state index in [0.717, 1.165) is 36.4 Å². The molecule has 0 aliphatic carbocycles. The Bertz CT molecular complexity index is 1420. The Morgan fingerprint density at radius 1 is 0.511 bits per heavy atom. The van der Waals surface area contributed by atoms with Crippen molar-refractivity contribution < 1.29 is 64.1 Å². The number of benzene rings is 2. The van der Waals surface area contributed by atoms with Gasteiger partial charge in [-0.15, -0.1) is 0 Å². The minimum atomic E-state index is -4.75. The molecule has 0 saturated heterocycles. The second kappa shape index (κ2) is 20.8.